The van der Waals surface area contributed by atoms with Crippen LogP contribution in [0.5, 0.6) is 11.5 Å². The van der Waals surface area contributed by atoms with Gasteiger partial charge in [0.05, 0.1) is 11.1 Å². The van der Waals surface area contributed by atoms with Crippen molar-refractivity contribution in [3.8, 4) is 11.5 Å². The summed E-state index contributed by atoms with van der Waals surface area (Å²) < 4.78 is 5.94. The van der Waals surface area contributed by atoms with Gasteiger partial charge in [-0.15, -0.1) is 0 Å². The molecule has 2 heterocycles. The number of rotatable bonds is 4. The normalized spacial score (nSPS) is 14.8. The van der Waals surface area contributed by atoms with Crippen molar-refractivity contribution in [2.24, 2.45) is 0 Å². The zero-order chi connectivity index (χ0) is 20.4. The summed E-state index contributed by atoms with van der Waals surface area (Å²) in [5.74, 6) is 1.35. The average Bonchev–Trinajstić information content (AvgIpc) is 2.73. The van der Waals surface area contributed by atoms with E-state index in [1.807, 2.05) is 53.4 Å². The Balaban J connectivity index is 1.51. The number of benzene rings is 2. The number of nitrogens with one attached hydrogen (secondary N) is 1. The SMILES string of the molecule is CC(C)(O)c1ccc(Oc2ccc3nc(C(=O)N4CCNCC4)ccc3c2)cc1. The fourth-order valence-electron chi connectivity index (χ4n) is 3.38. The standard InChI is InChI=1S/C23H25N3O3/c1-23(2,28)17-4-6-18(7-5-17)29-19-8-10-20-16(15-19)3-9-21(25-20)22(27)26-13-11-24-12-14-26/h3-10,15,24,28H,11-14H2,1-2H3. The average molecular weight is 391 g/mol. The van der Waals surface area contributed by atoms with E-state index >= 15 is 0 Å². The van der Waals surface area contributed by atoms with Gasteiger partial charge in [-0.3, -0.25) is 4.79 Å². The number of hydrogen-bond donors (Lipinski definition) is 2. The first-order valence-electron chi connectivity index (χ1n) is 9.82. The lowest BCUT2D eigenvalue weighted by molar-refractivity contribution is 0.0729. The van der Waals surface area contributed by atoms with Crippen LogP contribution in [0, 0.1) is 0 Å². The number of carbonyl (C=O) groups excluding carboxylic acids is 1. The molecule has 0 spiro atoms. The molecule has 0 bridgehead atoms. The van der Waals surface area contributed by atoms with Crippen molar-refractivity contribution < 1.29 is 14.6 Å². The monoisotopic (exact) mass is 391 g/mol. The number of amides is 1. The molecule has 2 N–H and O–H groups in total. The number of carbonyl (C=O) groups is 1. The molecule has 0 aliphatic carbocycles. The lowest BCUT2D eigenvalue weighted by atomic mass is 9.99. The van der Waals surface area contributed by atoms with E-state index < -0.39 is 5.60 Å². The summed E-state index contributed by atoms with van der Waals surface area (Å²) in [6, 6.07) is 16.7. The molecular weight excluding hydrogens is 366 g/mol. The summed E-state index contributed by atoms with van der Waals surface area (Å²) in [5.41, 5.74) is 1.17. The molecule has 2 aromatic carbocycles. The van der Waals surface area contributed by atoms with Gasteiger partial charge in [0.1, 0.15) is 17.2 Å². The van der Waals surface area contributed by atoms with Crippen LogP contribution in [-0.4, -0.2) is 47.1 Å². The predicted molar refractivity (Wildman–Crippen MR) is 112 cm³/mol. The van der Waals surface area contributed by atoms with Gasteiger partial charge in [-0.1, -0.05) is 18.2 Å². The minimum absolute atomic E-state index is 0.0272. The number of piperazine rings is 1. The van der Waals surface area contributed by atoms with Gasteiger partial charge in [-0.05, 0) is 55.8 Å². The molecule has 1 aliphatic rings. The largest absolute Gasteiger partial charge is 0.457 e. The van der Waals surface area contributed by atoms with E-state index in [-0.39, 0.29) is 5.91 Å². The predicted octanol–water partition coefficient (Wildman–Crippen LogP) is 3.30. The maximum absolute atomic E-state index is 12.6. The highest BCUT2D eigenvalue weighted by atomic mass is 16.5. The Morgan fingerprint density at radius 3 is 2.41 bits per heavy atom. The van der Waals surface area contributed by atoms with Crippen molar-refractivity contribution in [2.45, 2.75) is 19.4 Å². The lowest BCUT2D eigenvalue weighted by Crippen LogP contribution is -2.46. The van der Waals surface area contributed by atoms with Crippen LogP contribution in [0.15, 0.2) is 54.6 Å². The summed E-state index contributed by atoms with van der Waals surface area (Å²) in [4.78, 5) is 19.0. The van der Waals surface area contributed by atoms with E-state index in [4.69, 9.17) is 4.74 Å². The van der Waals surface area contributed by atoms with E-state index in [9.17, 15) is 9.90 Å². The number of ether oxygens (including phenoxy) is 1. The molecular formula is C23H25N3O3. The number of pyridine rings is 1. The van der Waals surface area contributed by atoms with E-state index in [1.54, 1.807) is 19.9 Å². The van der Waals surface area contributed by atoms with Gasteiger partial charge in [0.2, 0.25) is 0 Å². The maximum atomic E-state index is 12.6. The summed E-state index contributed by atoms with van der Waals surface area (Å²) in [7, 11) is 0. The Labute approximate surface area is 170 Å². The second-order valence-corrected chi connectivity index (χ2v) is 7.78. The highest BCUT2D eigenvalue weighted by Gasteiger charge is 2.19. The third-order valence-electron chi connectivity index (χ3n) is 5.08. The van der Waals surface area contributed by atoms with Crippen LogP contribution in [0.2, 0.25) is 0 Å². The van der Waals surface area contributed by atoms with Gasteiger partial charge in [-0.25, -0.2) is 4.98 Å². The lowest BCUT2D eigenvalue weighted by Gasteiger charge is -2.27. The third kappa shape index (κ3) is 4.39. The van der Waals surface area contributed by atoms with Gasteiger partial charge in [0.25, 0.3) is 5.91 Å². The van der Waals surface area contributed by atoms with Crippen LogP contribution in [0.4, 0.5) is 0 Å². The highest BCUT2D eigenvalue weighted by Crippen LogP contribution is 2.28. The van der Waals surface area contributed by atoms with Gasteiger partial charge in [0.15, 0.2) is 0 Å². The molecule has 0 unspecified atom stereocenters. The minimum Gasteiger partial charge on any atom is -0.457 e. The number of nitrogens with zero attached hydrogens (tertiary/aromatic N) is 2. The van der Waals surface area contributed by atoms with Gasteiger partial charge in [0, 0.05) is 31.6 Å². The Morgan fingerprint density at radius 1 is 1.03 bits per heavy atom. The highest BCUT2D eigenvalue weighted by molar-refractivity contribution is 5.95. The molecule has 0 atom stereocenters. The molecule has 0 radical (unpaired) electrons. The van der Waals surface area contributed by atoms with E-state index in [0.717, 1.165) is 29.6 Å². The van der Waals surface area contributed by atoms with Crippen LogP contribution in [0.1, 0.15) is 29.9 Å². The molecule has 0 saturated carbocycles. The second-order valence-electron chi connectivity index (χ2n) is 7.78. The topological polar surface area (TPSA) is 74.7 Å². The van der Waals surface area contributed by atoms with Crippen molar-refractivity contribution in [1.29, 1.82) is 0 Å². The van der Waals surface area contributed by atoms with Gasteiger partial charge < -0.3 is 20.1 Å². The molecule has 1 aliphatic heterocycles. The molecule has 1 aromatic heterocycles. The summed E-state index contributed by atoms with van der Waals surface area (Å²) in [6.07, 6.45) is 0. The molecule has 29 heavy (non-hydrogen) atoms. The molecule has 3 aromatic rings. The van der Waals surface area contributed by atoms with Crippen molar-refractivity contribution in [2.75, 3.05) is 26.2 Å². The van der Waals surface area contributed by atoms with Crippen LogP contribution < -0.4 is 10.1 Å². The minimum atomic E-state index is -0.882. The molecule has 4 rings (SSSR count). The Kier molecular flexibility index (Phi) is 5.22. The Hall–Kier alpha value is -2.96. The Bertz CT molecular complexity index is 1020. The molecule has 1 saturated heterocycles. The number of fused-ring (bicyclic) bond motifs is 1. The fourth-order valence-corrected chi connectivity index (χ4v) is 3.38. The first-order chi connectivity index (χ1) is 13.9. The van der Waals surface area contributed by atoms with Crippen molar-refractivity contribution >= 4 is 16.8 Å². The summed E-state index contributed by atoms with van der Waals surface area (Å²) in [6.45, 7) is 6.55. The quantitative estimate of drug-likeness (QED) is 0.714. The van der Waals surface area contributed by atoms with Crippen molar-refractivity contribution in [3.05, 3.63) is 65.9 Å². The zero-order valence-electron chi connectivity index (χ0n) is 16.7. The second kappa shape index (κ2) is 7.81. The Morgan fingerprint density at radius 2 is 1.72 bits per heavy atom. The molecule has 6 heteroatoms. The summed E-state index contributed by atoms with van der Waals surface area (Å²) in [5, 5.41) is 14.2. The van der Waals surface area contributed by atoms with Crippen LogP contribution in [0.25, 0.3) is 10.9 Å². The number of hydrogen-bond acceptors (Lipinski definition) is 5. The van der Waals surface area contributed by atoms with Crippen LogP contribution in [-0.2, 0) is 5.60 Å². The van der Waals surface area contributed by atoms with E-state index in [1.165, 1.54) is 0 Å². The van der Waals surface area contributed by atoms with Crippen LogP contribution >= 0.6 is 0 Å². The van der Waals surface area contributed by atoms with E-state index in [2.05, 4.69) is 10.3 Å². The first kappa shape index (κ1) is 19.4. The van der Waals surface area contributed by atoms with E-state index in [0.29, 0.717) is 30.3 Å². The number of aromatic nitrogens is 1. The first-order valence-corrected chi connectivity index (χ1v) is 9.82. The molecule has 1 amide bonds. The third-order valence-corrected chi connectivity index (χ3v) is 5.08. The van der Waals surface area contributed by atoms with Gasteiger partial charge in [-0.2, -0.15) is 0 Å². The molecule has 1 fully saturated rings. The molecule has 6 nitrogen and oxygen atoms in total. The zero-order valence-corrected chi connectivity index (χ0v) is 16.7. The van der Waals surface area contributed by atoms with Gasteiger partial charge >= 0.3 is 0 Å². The fraction of sp³-hybridized carbons (Fsp3) is 0.304. The molecule has 150 valence electrons. The van der Waals surface area contributed by atoms with Crippen molar-refractivity contribution in [3.63, 3.8) is 0 Å². The maximum Gasteiger partial charge on any atom is 0.272 e. The number of aliphatic hydroxyl groups is 1. The smallest absolute Gasteiger partial charge is 0.272 e. The van der Waals surface area contributed by atoms with Crippen LogP contribution in [0.3, 0.4) is 0 Å². The van der Waals surface area contributed by atoms with Crippen molar-refractivity contribution in [1.82, 2.24) is 15.2 Å². The summed E-state index contributed by atoms with van der Waals surface area (Å²) >= 11 is 0.